The molecule has 34 heavy (non-hydrogen) atoms. The normalized spacial score (nSPS) is 14.8. The number of benzene rings is 2. The number of pyridine rings is 1. The van der Waals surface area contributed by atoms with E-state index in [2.05, 4.69) is 21.8 Å². The fourth-order valence-electron chi connectivity index (χ4n) is 3.89. The Morgan fingerprint density at radius 1 is 1.06 bits per heavy atom. The second kappa shape index (κ2) is 10.9. The SMILES string of the molecule is COc1cc2c(Oc3ccc(C(N)=O)cc3Cl)ccnc2cc1OCCCN1CCN(C)CC1. The number of nitrogens with zero attached hydrogens (tertiary/aromatic N) is 3. The van der Waals surface area contributed by atoms with Crippen LogP contribution in [0.1, 0.15) is 16.8 Å². The number of fused-ring (bicyclic) bond motifs is 1. The van der Waals surface area contributed by atoms with Gasteiger partial charge in [-0.3, -0.25) is 9.78 Å². The first-order valence-electron chi connectivity index (χ1n) is 11.2. The van der Waals surface area contributed by atoms with Gasteiger partial charge in [-0.2, -0.15) is 0 Å². The number of rotatable bonds is 9. The first-order valence-corrected chi connectivity index (χ1v) is 11.6. The van der Waals surface area contributed by atoms with Crippen LogP contribution >= 0.6 is 11.6 Å². The Morgan fingerprint density at radius 3 is 2.56 bits per heavy atom. The third kappa shape index (κ3) is 5.70. The van der Waals surface area contributed by atoms with E-state index in [0.717, 1.165) is 44.5 Å². The van der Waals surface area contributed by atoms with E-state index in [1.807, 2.05) is 12.1 Å². The summed E-state index contributed by atoms with van der Waals surface area (Å²) in [6, 6.07) is 10.1. The van der Waals surface area contributed by atoms with Crippen LogP contribution in [0.2, 0.25) is 5.02 Å². The van der Waals surface area contributed by atoms with E-state index in [0.29, 0.717) is 40.7 Å². The van der Waals surface area contributed by atoms with E-state index in [1.54, 1.807) is 31.5 Å². The molecule has 3 aromatic rings. The smallest absolute Gasteiger partial charge is 0.248 e. The van der Waals surface area contributed by atoms with Crippen molar-refractivity contribution in [1.82, 2.24) is 14.8 Å². The molecule has 0 saturated carbocycles. The van der Waals surface area contributed by atoms with Crippen LogP contribution in [0.3, 0.4) is 0 Å². The molecular formula is C25H29ClN4O4. The average molecular weight is 485 g/mol. The van der Waals surface area contributed by atoms with Gasteiger partial charge >= 0.3 is 0 Å². The molecule has 2 N–H and O–H groups in total. The van der Waals surface area contributed by atoms with Crippen molar-refractivity contribution in [3.05, 3.63) is 53.2 Å². The predicted molar refractivity (Wildman–Crippen MR) is 132 cm³/mol. The van der Waals surface area contributed by atoms with Crippen molar-refractivity contribution in [3.63, 3.8) is 0 Å². The molecule has 4 rings (SSSR count). The third-order valence-corrected chi connectivity index (χ3v) is 6.19. The topological polar surface area (TPSA) is 90.1 Å². The van der Waals surface area contributed by atoms with Gasteiger partial charge in [-0.05, 0) is 43.8 Å². The lowest BCUT2D eigenvalue weighted by atomic mass is 10.1. The molecular weight excluding hydrogens is 456 g/mol. The van der Waals surface area contributed by atoms with Crippen molar-refractivity contribution in [2.45, 2.75) is 6.42 Å². The molecule has 8 nitrogen and oxygen atoms in total. The highest BCUT2D eigenvalue weighted by Crippen LogP contribution is 2.38. The zero-order valence-electron chi connectivity index (χ0n) is 19.4. The maximum atomic E-state index is 11.4. The van der Waals surface area contributed by atoms with Crippen LogP contribution in [-0.2, 0) is 0 Å². The van der Waals surface area contributed by atoms with Crippen LogP contribution in [-0.4, -0.2) is 74.2 Å². The van der Waals surface area contributed by atoms with Crippen LogP contribution in [0.4, 0.5) is 0 Å². The number of carbonyl (C=O) groups excluding carboxylic acids is 1. The van der Waals surface area contributed by atoms with Gasteiger partial charge < -0.3 is 29.7 Å². The third-order valence-electron chi connectivity index (χ3n) is 5.90. The second-order valence-electron chi connectivity index (χ2n) is 8.29. The molecule has 2 aromatic carbocycles. The largest absolute Gasteiger partial charge is 0.493 e. The van der Waals surface area contributed by atoms with Crippen molar-refractivity contribution in [3.8, 4) is 23.0 Å². The van der Waals surface area contributed by atoms with Gasteiger partial charge in [-0.15, -0.1) is 0 Å². The number of piperazine rings is 1. The minimum absolute atomic E-state index is 0.286. The minimum atomic E-state index is -0.552. The summed E-state index contributed by atoms with van der Waals surface area (Å²) in [6.07, 6.45) is 2.59. The van der Waals surface area contributed by atoms with E-state index in [1.165, 1.54) is 6.07 Å². The summed E-state index contributed by atoms with van der Waals surface area (Å²) < 4.78 is 17.7. The fraction of sp³-hybridized carbons (Fsp3) is 0.360. The lowest BCUT2D eigenvalue weighted by Crippen LogP contribution is -2.44. The van der Waals surface area contributed by atoms with Crippen molar-refractivity contribution >= 4 is 28.4 Å². The summed E-state index contributed by atoms with van der Waals surface area (Å²) in [6.45, 7) is 6.00. The highest BCUT2D eigenvalue weighted by molar-refractivity contribution is 6.32. The van der Waals surface area contributed by atoms with Gasteiger partial charge in [0.1, 0.15) is 11.5 Å². The first-order chi connectivity index (χ1) is 16.4. The van der Waals surface area contributed by atoms with Crippen molar-refractivity contribution in [2.75, 3.05) is 53.5 Å². The molecule has 1 amide bonds. The Hall–Kier alpha value is -3.07. The van der Waals surface area contributed by atoms with Crippen LogP contribution < -0.4 is 19.9 Å². The number of primary amides is 1. The summed E-state index contributed by atoms with van der Waals surface area (Å²) in [4.78, 5) is 20.7. The number of hydrogen-bond donors (Lipinski definition) is 1. The average Bonchev–Trinajstić information content (AvgIpc) is 2.83. The highest BCUT2D eigenvalue weighted by Gasteiger charge is 2.15. The van der Waals surface area contributed by atoms with Gasteiger partial charge in [-0.25, -0.2) is 0 Å². The number of hydrogen-bond acceptors (Lipinski definition) is 7. The molecule has 0 radical (unpaired) electrons. The van der Waals surface area contributed by atoms with E-state index in [9.17, 15) is 4.79 Å². The lowest BCUT2D eigenvalue weighted by Gasteiger charge is -2.32. The van der Waals surface area contributed by atoms with E-state index < -0.39 is 5.91 Å². The number of methoxy groups -OCH3 is 1. The molecule has 0 spiro atoms. The predicted octanol–water partition coefficient (Wildman–Crippen LogP) is 3.80. The zero-order chi connectivity index (χ0) is 24.1. The van der Waals surface area contributed by atoms with Crippen LogP contribution in [0.15, 0.2) is 42.6 Å². The Balaban J connectivity index is 1.47. The summed E-state index contributed by atoms with van der Waals surface area (Å²) in [5.74, 6) is 1.65. The van der Waals surface area contributed by atoms with Gasteiger partial charge in [0.05, 0.1) is 24.3 Å². The minimum Gasteiger partial charge on any atom is -0.493 e. The number of carbonyl (C=O) groups is 1. The maximum absolute atomic E-state index is 11.4. The van der Waals surface area contributed by atoms with Gasteiger partial charge in [0.15, 0.2) is 11.5 Å². The van der Waals surface area contributed by atoms with Crippen molar-refractivity contribution in [2.24, 2.45) is 5.73 Å². The van der Waals surface area contributed by atoms with Crippen molar-refractivity contribution < 1.29 is 19.0 Å². The lowest BCUT2D eigenvalue weighted by molar-refractivity contribution is 0.100. The molecule has 1 aliphatic rings. The van der Waals surface area contributed by atoms with Crippen molar-refractivity contribution in [1.29, 1.82) is 0 Å². The Labute approximate surface area is 204 Å². The van der Waals surface area contributed by atoms with Crippen LogP contribution in [0, 0.1) is 0 Å². The number of ether oxygens (including phenoxy) is 3. The fourth-order valence-corrected chi connectivity index (χ4v) is 4.11. The van der Waals surface area contributed by atoms with Crippen LogP contribution in [0.25, 0.3) is 10.9 Å². The van der Waals surface area contributed by atoms with Gasteiger partial charge in [0, 0.05) is 55.9 Å². The Kier molecular flexibility index (Phi) is 7.72. The molecule has 0 bridgehead atoms. The summed E-state index contributed by atoms with van der Waals surface area (Å²) >= 11 is 6.29. The number of nitrogens with two attached hydrogens (primary N) is 1. The molecule has 0 unspecified atom stereocenters. The molecule has 1 aliphatic heterocycles. The molecule has 0 atom stereocenters. The number of halogens is 1. The molecule has 180 valence electrons. The molecule has 9 heteroatoms. The van der Waals surface area contributed by atoms with Crippen LogP contribution in [0.5, 0.6) is 23.0 Å². The van der Waals surface area contributed by atoms with Gasteiger partial charge in [-0.1, -0.05) is 11.6 Å². The molecule has 1 aromatic heterocycles. The van der Waals surface area contributed by atoms with Gasteiger partial charge in [0.2, 0.25) is 5.91 Å². The molecule has 1 fully saturated rings. The number of amides is 1. The standard InChI is InChI=1S/C25H29ClN4O4/c1-29-9-11-30(12-10-29)8-3-13-33-24-16-20-18(15-23(24)32-2)21(6-7-28-20)34-22-5-4-17(25(27)31)14-19(22)26/h4-7,14-16H,3,8-13H2,1-2H3,(H2,27,31). The monoisotopic (exact) mass is 484 g/mol. The number of likely N-dealkylation sites (N-methyl/N-ethyl adjacent to an activating group) is 1. The van der Waals surface area contributed by atoms with E-state index in [-0.39, 0.29) is 5.02 Å². The molecule has 2 heterocycles. The maximum Gasteiger partial charge on any atom is 0.248 e. The second-order valence-corrected chi connectivity index (χ2v) is 8.69. The summed E-state index contributed by atoms with van der Waals surface area (Å²) in [5.41, 5.74) is 6.33. The molecule has 0 aliphatic carbocycles. The Morgan fingerprint density at radius 2 is 1.85 bits per heavy atom. The summed E-state index contributed by atoms with van der Waals surface area (Å²) in [5, 5.41) is 1.03. The Bertz CT molecular complexity index is 1170. The zero-order valence-corrected chi connectivity index (χ0v) is 20.2. The van der Waals surface area contributed by atoms with Gasteiger partial charge in [0.25, 0.3) is 0 Å². The number of aromatic nitrogens is 1. The highest BCUT2D eigenvalue weighted by atomic mass is 35.5. The first kappa shape index (κ1) is 24.1. The van der Waals surface area contributed by atoms with E-state index in [4.69, 9.17) is 31.5 Å². The summed E-state index contributed by atoms with van der Waals surface area (Å²) in [7, 11) is 3.76. The van der Waals surface area contributed by atoms with E-state index >= 15 is 0 Å². The quantitative estimate of drug-likeness (QED) is 0.462. The molecule has 1 saturated heterocycles.